The Balaban J connectivity index is 3.71. The van der Waals surface area contributed by atoms with Gasteiger partial charge >= 0.3 is 0 Å². The van der Waals surface area contributed by atoms with E-state index in [4.69, 9.17) is 5.26 Å². The fourth-order valence-electron chi connectivity index (χ4n) is 1.64. The summed E-state index contributed by atoms with van der Waals surface area (Å²) >= 11 is 0. The molecule has 0 aromatic heterocycles. The standard InChI is InChI=1S/C12H26O2/c1-5-7-8-11(6-2)9-10-12(3,4)14-13/h11,13H,5-10H2,1-4H3. The molecule has 0 aromatic rings. The van der Waals surface area contributed by atoms with Crippen LogP contribution in [0.4, 0.5) is 0 Å². The van der Waals surface area contributed by atoms with E-state index in [0.717, 1.165) is 18.8 Å². The van der Waals surface area contributed by atoms with Gasteiger partial charge in [0.2, 0.25) is 0 Å². The first-order chi connectivity index (χ1) is 6.55. The van der Waals surface area contributed by atoms with Crippen LogP contribution in [-0.2, 0) is 4.89 Å². The summed E-state index contributed by atoms with van der Waals surface area (Å²) in [6.45, 7) is 8.33. The summed E-state index contributed by atoms with van der Waals surface area (Å²) in [6, 6.07) is 0. The van der Waals surface area contributed by atoms with Crippen molar-refractivity contribution in [3.63, 3.8) is 0 Å². The van der Waals surface area contributed by atoms with Crippen LogP contribution >= 0.6 is 0 Å². The molecule has 0 aromatic carbocycles. The van der Waals surface area contributed by atoms with Crippen molar-refractivity contribution < 1.29 is 10.1 Å². The normalized spacial score (nSPS) is 14.4. The molecule has 0 amide bonds. The second-order valence-electron chi connectivity index (χ2n) is 4.81. The van der Waals surface area contributed by atoms with Crippen LogP contribution in [0.1, 0.15) is 66.2 Å². The molecule has 2 heteroatoms. The lowest BCUT2D eigenvalue weighted by Crippen LogP contribution is -2.23. The van der Waals surface area contributed by atoms with E-state index in [1.165, 1.54) is 25.7 Å². The van der Waals surface area contributed by atoms with E-state index in [2.05, 4.69) is 18.7 Å². The van der Waals surface area contributed by atoms with Crippen molar-refractivity contribution in [1.82, 2.24) is 0 Å². The fraction of sp³-hybridized carbons (Fsp3) is 1.00. The zero-order valence-corrected chi connectivity index (χ0v) is 10.2. The van der Waals surface area contributed by atoms with Gasteiger partial charge in [0.15, 0.2) is 0 Å². The summed E-state index contributed by atoms with van der Waals surface area (Å²) in [5.74, 6) is 0.796. The molecule has 0 radical (unpaired) electrons. The maximum atomic E-state index is 8.66. The van der Waals surface area contributed by atoms with E-state index >= 15 is 0 Å². The minimum atomic E-state index is -0.375. The largest absolute Gasteiger partial charge is 0.251 e. The molecule has 1 atom stereocenters. The molecular formula is C12H26O2. The highest BCUT2D eigenvalue weighted by atomic mass is 17.1. The van der Waals surface area contributed by atoms with Gasteiger partial charge in [-0.1, -0.05) is 39.5 Å². The molecule has 0 aliphatic carbocycles. The monoisotopic (exact) mass is 202 g/mol. The van der Waals surface area contributed by atoms with Crippen LogP contribution in [0.25, 0.3) is 0 Å². The fourth-order valence-corrected chi connectivity index (χ4v) is 1.64. The highest BCUT2D eigenvalue weighted by Crippen LogP contribution is 2.24. The molecule has 0 fully saturated rings. The zero-order valence-electron chi connectivity index (χ0n) is 10.2. The van der Waals surface area contributed by atoms with Gasteiger partial charge in [-0.25, -0.2) is 4.89 Å². The molecule has 0 aliphatic heterocycles. The Labute approximate surface area is 88.6 Å². The Morgan fingerprint density at radius 1 is 1.21 bits per heavy atom. The van der Waals surface area contributed by atoms with Crippen molar-refractivity contribution in [2.45, 2.75) is 71.8 Å². The Bertz CT molecular complexity index is 132. The maximum absolute atomic E-state index is 8.66. The van der Waals surface area contributed by atoms with Crippen molar-refractivity contribution in [1.29, 1.82) is 0 Å². The lowest BCUT2D eigenvalue weighted by Gasteiger charge is -2.23. The molecule has 0 bridgehead atoms. The highest BCUT2D eigenvalue weighted by Gasteiger charge is 2.20. The molecule has 0 aliphatic rings. The predicted molar refractivity (Wildman–Crippen MR) is 60.3 cm³/mol. The summed E-state index contributed by atoms with van der Waals surface area (Å²) in [4.78, 5) is 4.44. The van der Waals surface area contributed by atoms with Gasteiger partial charge in [0.1, 0.15) is 0 Å². The van der Waals surface area contributed by atoms with Gasteiger partial charge in [-0.05, 0) is 32.6 Å². The Hall–Kier alpha value is -0.0800. The van der Waals surface area contributed by atoms with E-state index in [1.54, 1.807) is 0 Å². The Morgan fingerprint density at radius 2 is 1.86 bits per heavy atom. The van der Waals surface area contributed by atoms with Crippen molar-refractivity contribution >= 4 is 0 Å². The predicted octanol–water partition coefficient (Wildman–Crippen LogP) is 4.25. The van der Waals surface area contributed by atoms with Crippen molar-refractivity contribution in [2.24, 2.45) is 5.92 Å². The summed E-state index contributed by atoms with van der Waals surface area (Å²) < 4.78 is 0. The first-order valence-electron chi connectivity index (χ1n) is 5.88. The van der Waals surface area contributed by atoms with E-state index in [9.17, 15) is 0 Å². The molecule has 86 valence electrons. The Kier molecular flexibility index (Phi) is 7.20. The first-order valence-corrected chi connectivity index (χ1v) is 5.88. The summed E-state index contributed by atoms with van der Waals surface area (Å²) in [5, 5.41) is 8.66. The number of unbranched alkanes of at least 4 members (excludes halogenated alkanes) is 1. The average Bonchev–Trinajstić information content (AvgIpc) is 2.18. The van der Waals surface area contributed by atoms with Gasteiger partial charge in [-0.15, -0.1) is 0 Å². The lowest BCUT2D eigenvalue weighted by atomic mass is 9.90. The van der Waals surface area contributed by atoms with Gasteiger partial charge < -0.3 is 0 Å². The van der Waals surface area contributed by atoms with Gasteiger partial charge in [0.05, 0.1) is 5.60 Å². The average molecular weight is 202 g/mol. The molecule has 14 heavy (non-hydrogen) atoms. The van der Waals surface area contributed by atoms with Crippen LogP contribution in [0.15, 0.2) is 0 Å². The van der Waals surface area contributed by atoms with Crippen LogP contribution in [0.2, 0.25) is 0 Å². The first kappa shape index (κ1) is 13.9. The van der Waals surface area contributed by atoms with Crippen molar-refractivity contribution in [3.8, 4) is 0 Å². The molecule has 0 spiro atoms. The van der Waals surface area contributed by atoms with Crippen LogP contribution in [0.3, 0.4) is 0 Å². The topological polar surface area (TPSA) is 29.5 Å². The number of rotatable bonds is 8. The van der Waals surface area contributed by atoms with Crippen LogP contribution < -0.4 is 0 Å². The van der Waals surface area contributed by atoms with Crippen LogP contribution in [0, 0.1) is 5.92 Å². The molecule has 0 saturated heterocycles. The van der Waals surface area contributed by atoms with Crippen molar-refractivity contribution in [2.75, 3.05) is 0 Å². The number of hydrogen-bond donors (Lipinski definition) is 1. The summed E-state index contributed by atoms with van der Waals surface area (Å²) in [6.07, 6.45) is 7.24. The molecule has 0 rings (SSSR count). The third-order valence-corrected chi connectivity index (χ3v) is 2.95. The minimum Gasteiger partial charge on any atom is -0.251 e. The van der Waals surface area contributed by atoms with Gasteiger partial charge in [0.25, 0.3) is 0 Å². The SMILES string of the molecule is CCCCC(CC)CCC(C)(C)OO. The molecular weight excluding hydrogens is 176 g/mol. The van der Waals surface area contributed by atoms with Crippen LogP contribution in [0.5, 0.6) is 0 Å². The van der Waals surface area contributed by atoms with Crippen molar-refractivity contribution in [3.05, 3.63) is 0 Å². The van der Waals surface area contributed by atoms with Gasteiger partial charge in [-0.2, -0.15) is 0 Å². The van der Waals surface area contributed by atoms with Crippen LogP contribution in [-0.4, -0.2) is 10.9 Å². The Morgan fingerprint density at radius 3 is 2.29 bits per heavy atom. The summed E-state index contributed by atoms with van der Waals surface area (Å²) in [7, 11) is 0. The maximum Gasteiger partial charge on any atom is 0.0977 e. The minimum absolute atomic E-state index is 0.375. The highest BCUT2D eigenvalue weighted by molar-refractivity contribution is 4.69. The second-order valence-corrected chi connectivity index (χ2v) is 4.81. The quantitative estimate of drug-likeness (QED) is 0.471. The second kappa shape index (κ2) is 7.24. The van der Waals surface area contributed by atoms with E-state index in [-0.39, 0.29) is 5.60 Å². The van der Waals surface area contributed by atoms with E-state index in [0.29, 0.717) is 0 Å². The molecule has 0 saturated carbocycles. The summed E-state index contributed by atoms with van der Waals surface area (Å²) in [5.41, 5.74) is -0.375. The van der Waals surface area contributed by atoms with Gasteiger partial charge in [0, 0.05) is 0 Å². The zero-order chi connectivity index (χ0) is 11.0. The molecule has 1 unspecified atom stereocenters. The van der Waals surface area contributed by atoms with Gasteiger partial charge in [-0.3, -0.25) is 5.26 Å². The molecule has 0 heterocycles. The van der Waals surface area contributed by atoms with E-state index < -0.39 is 0 Å². The number of hydrogen-bond acceptors (Lipinski definition) is 2. The molecule has 1 N–H and O–H groups in total. The third-order valence-electron chi connectivity index (χ3n) is 2.95. The smallest absolute Gasteiger partial charge is 0.0977 e. The van der Waals surface area contributed by atoms with E-state index in [1.807, 2.05) is 13.8 Å². The third kappa shape index (κ3) is 6.39. The molecule has 2 nitrogen and oxygen atoms in total. The lowest BCUT2D eigenvalue weighted by molar-refractivity contribution is -0.314.